The van der Waals surface area contributed by atoms with E-state index in [1.807, 2.05) is 0 Å². The molecule has 0 aliphatic carbocycles. The van der Waals surface area contributed by atoms with Gasteiger partial charge in [-0.3, -0.25) is 4.79 Å². The number of carbonyl (C=O) groups excluding carboxylic acids is 1. The highest BCUT2D eigenvalue weighted by Gasteiger charge is 2.35. The summed E-state index contributed by atoms with van der Waals surface area (Å²) in [5.41, 5.74) is 0.0852. The zero-order valence-electron chi connectivity index (χ0n) is 8.16. The van der Waals surface area contributed by atoms with Crippen LogP contribution in [0.25, 0.3) is 0 Å². The molecule has 1 aromatic rings. The molecule has 1 aliphatic rings. The van der Waals surface area contributed by atoms with Gasteiger partial charge in [-0.1, -0.05) is 0 Å². The van der Waals surface area contributed by atoms with Gasteiger partial charge in [-0.2, -0.15) is 0 Å². The largest absolute Gasteiger partial charge is 0.472 e. The Morgan fingerprint density at radius 1 is 1.67 bits per heavy atom. The standard InChI is InChI=1S/C10H12ClNO3/c11-6-10(2-4-15-7-10)12-9(13)8-1-3-14-5-8/h1,3,5H,2,4,6-7H2,(H,12,13). The van der Waals surface area contributed by atoms with Gasteiger partial charge in [0.05, 0.1) is 24.0 Å². The Balaban J connectivity index is 2.04. The predicted octanol–water partition coefficient (Wildman–Crippen LogP) is 1.41. The number of rotatable bonds is 3. The summed E-state index contributed by atoms with van der Waals surface area (Å²) in [6, 6.07) is 1.62. The molecule has 4 nitrogen and oxygen atoms in total. The van der Waals surface area contributed by atoms with Crippen LogP contribution in [0.5, 0.6) is 0 Å². The molecule has 82 valence electrons. The molecule has 0 aromatic carbocycles. The fourth-order valence-electron chi connectivity index (χ4n) is 1.55. The number of furan rings is 1. The molecule has 0 saturated carbocycles. The third-order valence-corrected chi connectivity index (χ3v) is 3.03. The van der Waals surface area contributed by atoms with Crippen molar-refractivity contribution in [1.29, 1.82) is 0 Å². The van der Waals surface area contributed by atoms with E-state index < -0.39 is 5.54 Å². The summed E-state index contributed by atoms with van der Waals surface area (Å²) in [5, 5.41) is 2.89. The topological polar surface area (TPSA) is 51.5 Å². The number of alkyl halides is 1. The highest BCUT2D eigenvalue weighted by atomic mass is 35.5. The molecule has 2 heterocycles. The van der Waals surface area contributed by atoms with Crippen LogP contribution in [0.1, 0.15) is 16.8 Å². The Morgan fingerprint density at radius 3 is 3.07 bits per heavy atom. The van der Waals surface area contributed by atoms with Gasteiger partial charge in [-0.05, 0) is 12.5 Å². The van der Waals surface area contributed by atoms with Gasteiger partial charge in [0.15, 0.2) is 0 Å². The molecule has 1 unspecified atom stereocenters. The highest BCUT2D eigenvalue weighted by Crippen LogP contribution is 2.20. The fraction of sp³-hybridized carbons (Fsp3) is 0.500. The van der Waals surface area contributed by atoms with Crippen LogP contribution in [-0.2, 0) is 4.74 Å². The average Bonchev–Trinajstić information content (AvgIpc) is 2.88. The Hall–Kier alpha value is -1.00. The second-order valence-electron chi connectivity index (χ2n) is 3.68. The lowest BCUT2D eigenvalue weighted by atomic mass is 10.0. The Morgan fingerprint density at radius 2 is 2.53 bits per heavy atom. The van der Waals surface area contributed by atoms with Gasteiger partial charge in [-0.15, -0.1) is 11.6 Å². The summed E-state index contributed by atoms with van der Waals surface area (Å²) in [4.78, 5) is 11.7. The second-order valence-corrected chi connectivity index (χ2v) is 3.95. The summed E-state index contributed by atoms with van der Waals surface area (Å²) in [5.74, 6) is 0.186. The Bertz CT molecular complexity index is 330. The monoisotopic (exact) mass is 229 g/mol. The molecule has 1 amide bonds. The first kappa shape index (κ1) is 10.5. The lowest BCUT2D eigenvalue weighted by Crippen LogP contribution is -2.50. The molecule has 0 spiro atoms. The number of amides is 1. The van der Waals surface area contributed by atoms with Crippen molar-refractivity contribution in [3.8, 4) is 0 Å². The van der Waals surface area contributed by atoms with Crippen molar-refractivity contribution < 1.29 is 13.9 Å². The van der Waals surface area contributed by atoms with Gasteiger partial charge in [0.2, 0.25) is 0 Å². The average molecular weight is 230 g/mol. The number of hydrogen-bond donors (Lipinski definition) is 1. The maximum Gasteiger partial charge on any atom is 0.255 e. The van der Waals surface area contributed by atoms with Crippen LogP contribution in [0.4, 0.5) is 0 Å². The van der Waals surface area contributed by atoms with Crippen molar-refractivity contribution in [1.82, 2.24) is 5.32 Å². The van der Waals surface area contributed by atoms with Gasteiger partial charge in [0, 0.05) is 12.5 Å². The summed E-state index contributed by atoms with van der Waals surface area (Å²) >= 11 is 5.85. The van der Waals surface area contributed by atoms with E-state index in [-0.39, 0.29) is 5.91 Å². The van der Waals surface area contributed by atoms with Crippen molar-refractivity contribution in [2.45, 2.75) is 12.0 Å². The van der Waals surface area contributed by atoms with E-state index in [2.05, 4.69) is 5.32 Å². The van der Waals surface area contributed by atoms with E-state index in [1.54, 1.807) is 6.07 Å². The maximum absolute atomic E-state index is 11.7. The minimum Gasteiger partial charge on any atom is -0.472 e. The van der Waals surface area contributed by atoms with E-state index in [9.17, 15) is 4.79 Å². The first-order valence-electron chi connectivity index (χ1n) is 4.74. The molecule has 5 heteroatoms. The molecule has 1 aromatic heterocycles. The van der Waals surface area contributed by atoms with Crippen LogP contribution in [0.2, 0.25) is 0 Å². The number of ether oxygens (including phenoxy) is 1. The molecule has 1 aliphatic heterocycles. The van der Waals surface area contributed by atoms with Crippen LogP contribution >= 0.6 is 11.6 Å². The summed E-state index contributed by atoms with van der Waals surface area (Å²) in [6.07, 6.45) is 3.63. The van der Waals surface area contributed by atoms with E-state index in [0.717, 1.165) is 6.42 Å². The molecule has 2 rings (SSSR count). The second kappa shape index (κ2) is 4.24. The zero-order chi connectivity index (χ0) is 10.7. The van der Waals surface area contributed by atoms with Gasteiger partial charge in [-0.25, -0.2) is 0 Å². The van der Waals surface area contributed by atoms with Gasteiger partial charge >= 0.3 is 0 Å². The minimum atomic E-state index is -0.421. The van der Waals surface area contributed by atoms with Crippen molar-refractivity contribution >= 4 is 17.5 Å². The summed E-state index contributed by atoms with van der Waals surface area (Å²) < 4.78 is 10.1. The van der Waals surface area contributed by atoms with Crippen LogP contribution in [-0.4, -0.2) is 30.5 Å². The first-order chi connectivity index (χ1) is 7.26. The van der Waals surface area contributed by atoms with E-state index >= 15 is 0 Å². The summed E-state index contributed by atoms with van der Waals surface area (Å²) in [6.45, 7) is 1.11. The Kier molecular flexibility index (Phi) is 2.98. The molecular weight excluding hydrogens is 218 g/mol. The number of carbonyl (C=O) groups is 1. The molecule has 15 heavy (non-hydrogen) atoms. The van der Waals surface area contributed by atoms with Crippen molar-refractivity contribution in [3.63, 3.8) is 0 Å². The molecule has 0 radical (unpaired) electrons. The van der Waals surface area contributed by atoms with Crippen LogP contribution in [0.3, 0.4) is 0 Å². The Labute approximate surface area is 92.5 Å². The van der Waals surface area contributed by atoms with Crippen LogP contribution in [0.15, 0.2) is 23.0 Å². The first-order valence-corrected chi connectivity index (χ1v) is 5.28. The fourth-order valence-corrected chi connectivity index (χ4v) is 1.83. The third-order valence-electron chi connectivity index (χ3n) is 2.52. The van der Waals surface area contributed by atoms with Crippen LogP contribution in [0, 0.1) is 0 Å². The van der Waals surface area contributed by atoms with E-state index in [0.29, 0.717) is 24.7 Å². The lowest BCUT2D eigenvalue weighted by molar-refractivity contribution is 0.0891. The highest BCUT2D eigenvalue weighted by molar-refractivity contribution is 6.19. The molecule has 1 fully saturated rings. The summed E-state index contributed by atoms with van der Waals surface area (Å²) in [7, 11) is 0. The minimum absolute atomic E-state index is 0.171. The third kappa shape index (κ3) is 2.16. The van der Waals surface area contributed by atoms with Gasteiger partial charge in [0.25, 0.3) is 5.91 Å². The number of nitrogens with one attached hydrogen (secondary N) is 1. The number of hydrogen-bond acceptors (Lipinski definition) is 3. The van der Waals surface area contributed by atoms with Gasteiger partial charge in [0.1, 0.15) is 6.26 Å². The molecular formula is C10H12ClNO3. The smallest absolute Gasteiger partial charge is 0.255 e. The quantitative estimate of drug-likeness (QED) is 0.798. The molecule has 0 bridgehead atoms. The molecule has 1 saturated heterocycles. The van der Waals surface area contributed by atoms with E-state index in [1.165, 1.54) is 12.5 Å². The maximum atomic E-state index is 11.7. The normalized spacial score (nSPS) is 25.4. The SMILES string of the molecule is O=C(NC1(CCl)CCOC1)c1ccoc1. The lowest BCUT2D eigenvalue weighted by Gasteiger charge is -2.25. The van der Waals surface area contributed by atoms with Crippen molar-refractivity contribution in [2.75, 3.05) is 19.1 Å². The van der Waals surface area contributed by atoms with Gasteiger partial charge < -0.3 is 14.5 Å². The van der Waals surface area contributed by atoms with Crippen molar-refractivity contribution in [3.05, 3.63) is 24.2 Å². The molecule has 1 N–H and O–H groups in total. The van der Waals surface area contributed by atoms with Crippen molar-refractivity contribution in [2.24, 2.45) is 0 Å². The number of halogens is 1. The van der Waals surface area contributed by atoms with Crippen LogP contribution < -0.4 is 5.32 Å². The molecule has 1 atom stereocenters. The zero-order valence-corrected chi connectivity index (χ0v) is 8.92. The predicted molar refractivity (Wildman–Crippen MR) is 55.1 cm³/mol. The van der Waals surface area contributed by atoms with E-state index in [4.69, 9.17) is 20.8 Å².